The number of benzene rings is 1. The van der Waals surface area contributed by atoms with Crippen LogP contribution in [0.2, 0.25) is 0 Å². The lowest BCUT2D eigenvalue weighted by Gasteiger charge is -2.25. The number of hydrogen-bond acceptors (Lipinski definition) is 7. The highest BCUT2D eigenvalue weighted by Crippen LogP contribution is 2.37. The Hall–Kier alpha value is -1.98. The Morgan fingerprint density at radius 2 is 1.74 bits per heavy atom. The number of halogens is 1. The van der Waals surface area contributed by atoms with Crippen LogP contribution in [0.5, 0.6) is 0 Å². The molecule has 0 unspecified atom stereocenters. The van der Waals surface area contributed by atoms with Crippen LogP contribution in [0.1, 0.15) is 64.8 Å². The molecule has 1 N–H and O–H groups in total. The van der Waals surface area contributed by atoms with Crippen molar-refractivity contribution in [2.75, 3.05) is 38.6 Å². The lowest BCUT2D eigenvalue weighted by Crippen LogP contribution is -2.32. The average molecular weight is 544 g/mol. The third-order valence-corrected chi connectivity index (χ3v) is 8.95. The van der Waals surface area contributed by atoms with E-state index in [1.165, 1.54) is 47.0 Å². The first-order valence-corrected chi connectivity index (χ1v) is 13.9. The van der Waals surface area contributed by atoms with E-state index in [0.717, 1.165) is 49.3 Å². The molecule has 2 heterocycles. The summed E-state index contributed by atoms with van der Waals surface area (Å²) in [5.41, 5.74) is 1.67. The lowest BCUT2D eigenvalue weighted by molar-refractivity contribution is 0.0600. The van der Waals surface area contributed by atoms with Crippen LogP contribution in [0.15, 0.2) is 29.2 Å². The standard InChI is InChI=1S/C24H33N3O5S2.ClH/c1-5-13-27(14-6-2)34(30,31)18-10-8-17(9-11-18)22(28)25-23-21(24(29)32-4)19-12-15-26(7-3)16-20(19)33-23;/h8-11H,5-7,12-16H2,1-4H3,(H,25,28);1H. The monoisotopic (exact) mass is 543 g/mol. The van der Waals surface area contributed by atoms with Gasteiger partial charge in [0.25, 0.3) is 5.91 Å². The predicted molar refractivity (Wildman–Crippen MR) is 141 cm³/mol. The molecule has 1 amide bonds. The number of carbonyl (C=O) groups excluding carboxylic acids is 2. The first-order chi connectivity index (χ1) is 16.3. The summed E-state index contributed by atoms with van der Waals surface area (Å²) in [6.45, 7) is 9.37. The van der Waals surface area contributed by atoms with Gasteiger partial charge in [-0.3, -0.25) is 9.69 Å². The largest absolute Gasteiger partial charge is 0.465 e. The van der Waals surface area contributed by atoms with Crippen molar-refractivity contribution in [1.82, 2.24) is 9.21 Å². The Morgan fingerprint density at radius 1 is 1.11 bits per heavy atom. The van der Waals surface area contributed by atoms with Gasteiger partial charge in [0.15, 0.2) is 0 Å². The normalized spacial score (nSPS) is 13.7. The number of ether oxygens (including phenoxy) is 1. The number of likely N-dealkylation sites (N-methyl/N-ethyl adjacent to an activating group) is 1. The fourth-order valence-electron chi connectivity index (χ4n) is 4.09. The number of carbonyl (C=O) groups is 2. The Morgan fingerprint density at radius 3 is 2.29 bits per heavy atom. The number of rotatable bonds is 10. The van der Waals surface area contributed by atoms with Crippen LogP contribution in [0, 0.1) is 0 Å². The van der Waals surface area contributed by atoms with Crippen molar-refractivity contribution >= 4 is 50.6 Å². The zero-order valence-corrected chi connectivity index (χ0v) is 23.1. The highest BCUT2D eigenvalue weighted by atomic mass is 35.5. The molecular weight excluding hydrogens is 510 g/mol. The Balaban J connectivity index is 0.00000432. The highest BCUT2D eigenvalue weighted by Gasteiger charge is 2.29. The molecule has 0 bridgehead atoms. The summed E-state index contributed by atoms with van der Waals surface area (Å²) >= 11 is 1.39. The van der Waals surface area contributed by atoms with Crippen LogP contribution < -0.4 is 5.32 Å². The van der Waals surface area contributed by atoms with Gasteiger partial charge in [0.2, 0.25) is 10.0 Å². The molecule has 194 valence electrons. The van der Waals surface area contributed by atoms with Crippen molar-refractivity contribution in [3.05, 3.63) is 45.8 Å². The number of nitrogens with one attached hydrogen (secondary N) is 1. The van der Waals surface area contributed by atoms with Crippen molar-refractivity contribution in [3.63, 3.8) is 0 Å². The number of methoxy groups -OCH3 is 1. The molecule has 0 saturated carbocycles. The molecule has 1 aliphatic heterocycles. The molecule has 0 aliphatic carbocycles. The molecule has 1 aromatic heterocycles. The van der Waals surface area contributed by atoms with Gasteiger partial charge in [0.1, 0.15) is 5.00 Å². The van der Waals surface area contributed by atoms with E-state index in [9.17, 15) is 18.0 Å². The Kier molecular flexibility index (Phi) is 10.7. The van der Waals surface area contributed by atoms with Crippen LogP contribution in [-0.4, -0.2) is 62.8 Å². The topological polar surface area (TPSA) is 96.0 Å². The quantitative estimate of drug-likeness (QED) is 0.446. The number of nitrogens with zero attached hydrogens (tertiary/aromatic N) is 2. The number of amides is 1. The van der Waals surface area contributed by atoms with Crippen molar-refractivity contribution in [2.24, 2.45) is 0 Å². The van der Waals surface area contributed by atoms with Gasteiger partial charge in [-0.25, -0.2) is 13.2 Å². The van der Waals surface area contributed by atoms with E-state index in [4.69, 9.17) is 4.74 Å². The summed E-state index contributed by atoms with van der Waals surface area (Å²) < 4.78 is 32.4. The maximum Gasteiger partial charge on any atom is 0.341 e. The SMILES string of the molecule is CCCN(CCC)S(=O)(=O)c1ccc(C(=O)Nc2sc3c(c2C(=O)OC)CCN(CC)C3)cc1.Cl. The summed E-state index contributed by atoms with van der Waals surface area (Å²) in [7, 11) is -2.29. The van der Waals surface area contributed by atoms with E-state index in [0.29, 0.717) is 29.2 Å². The van der Waals surface area contributed by atoms with Crippen molar-refractivity contribution in [3.8, 4) is 0 Å². The molecule has 8 nitrogen and oxygen atoms in total. The zero-order chi connectivity index (χ0) is 24.9. The molecule has 0 saturated heterocycles. The van der Waals surface area contributed by atoms with E-state index < -0.39 is 21.9 Å². The third kappa shape index (κ3) is 6.42. The first kappa shape index (κ1) is 29.3. The molecule has 35 heavy (non-hydrogen) atoms. The van der Waals surface area contributed by atoms with Gasteiger partial charge >= 0.3 is 5.97 Å². The molecule has 2 aromatic rings. The number of anilines is 1. The molecule has 0 radical (unpaired) electrons. The summed E-state index contributed by atoms with van der Waals surface area (Å²) in [4.78, 5) is 29.0. The summed E-state index contributed by atoms with van der Waals surface area (Å²) in [5, 5.41) is 3.32. The van der Waals surface area contributed by atoms with Crippen molar-refractivity contribution < 1.29 is 22.7 Å². The fourth-order valence-corrected chi connectivity index (χ4v) is 6.98. The van der Waals surface area contributed by atoms with Crippen LogP contribution in [-0.2, 0) is 27.7 Å². The van der Waals surface area contributed by atoms with Crippen LogP contribution in [0.3, 0.4) is 0 Å². The van der Waals surface area contributed by atoms with E-state index >= 15 is 0 Å². The van der Waals surface area contributed by atoms with Crippen molar-refractivity contribution in [2.45, 2.75) is 51.5 Å². The average Bonchev–Trinajstić information content (AvgIpc) is 3.20. The Labute approximate surface area is 218 Å². The van der Waals surface area contributed by atoms with Gasteiger partial charge in [0, 0.05) is 36.6 Å². The molecule has 3 rings (SSSR count). The second-order valence-corrected chi connectivity index (χ2v) is 11.2. The molecular formula is C24H34ClN3O5S2. The van der Waals surface area contributed by atoms with Gasteiger partial charge in [-0.15, -0.1) is 23.7 Å². The van der Waals surface area contributed by atoms with Crippen LogP contribution >= 0.6 is 23.7 Å². The van der Waals surface area contributed by atoms with E-state index in [1.54, 1.807) is 0 Å². The van der Waals surface area contributed by atoms with Crippen molar-refractivity contribution in [1.29, 1.82) is 0 Å². The molecule has 1 aromatic carbocycles. The summed E-state index contributed by atoms with van der Waals surface area (Å²) in [5.74, 6) is -0.870. The van der Waals surface area contributed by atoms with E-state index in [-0.39, 0.29) is 17.3 Å². The number of fused-ring (bicyclic) bond motifs is 1. The summed E-state index contributed by atoms with van der Waals surface area (Å²) in [6, 6.07) is 5.93. The zero-order valence-electron chi connectivity index (χ0n) is 20.6. The molecule has 0 atom stereocenters. The third-order valence-electron chi connectivity index (χ3n) is 5.90. The van der Waals surface area contributed by atoms with Crippen LogP contribution in [0.25, 0.3) is 0 Å². The lowest BCUT2D eigenvalue weighted by atomic mass is 10.0. The highest BCUT2D eigenvalue weighted by molar-refractivity contribution is 7.89. The van der Waals surface area contributed by atoms with Gasteiger partial charge in [-0.1, -0.05) is 20.8 Å². The number of esters is 1. The smallest absolute Gasteiger partial charge is 0.341 e. The fraction of sp³-hybridized carbons (Fsp3) is 0.500. The number of sulfonamides is 1. The van der Waals surface area contributed by atoms with Gasteiger partial charge in [-0.05, 0) is 55.6 Å². The van der Waals surface area contributed by atoms with E-state index in [1.807, 2.05) is 13.8 Å². The second kappa shape index (κ2) is 12.8. The molecule has 0 spiro atoms. The minimum Gasteiger partial charge on any atom is -0.465 e. The predicted octanol–water partition coefficient (Wildman–Crippen LogP) is 4.40. The maximum atomic E-state index is 13.0. The van der Waals surface area contributed by atoms with E-state index in [2.05, 4.69) is 17.1 Å². The number of hydrogen-bond donors (Lipinski definition) is 1. The van der Waals surface area contributed by atoms with Gasteiger partial charge in [-0.2, -0.15) is 4.31 Å². The second-order valence-electron chi connectivity index (χ2n) is 8.20. The number of thiophene rings is 1. The van der Waals surface area contributed by atoms with Gasteiger partial charge < -0.3 is 10.1 Å². The van der Waals surface area contributed by atoms with Gasteiger partial charge in [0.05, 0.1) is 17.6 Å². The van der Waals surface area contributed by atoms with Crippen LogP contribution in [0.4, 0.5) is 5.00 Å². The minimum absolute atomic E-state index is 0. The summed E-state index contributed by atoms with van der Waals surface area (Å²) in [6.07, 6.45) is 2.17. The first-order valence-electron chi connectivity index (χ1n) is 11.6. The minimum atomic E-state index is -3.62. The molecule has 11 heteroatoms. The molecule has 1 aliphatic rings. The maximum absolute atomic E-state index is 13.0. The molecule has 0 fully saturated rings. The Bertz CT molecular complexity index is 1130.